The van der Waals surface area contributed by atoms with Crippen LogP contribution in [0, 0.1) is 27.7 Å². The lowest BCUT2D eigenvalue weighted by Crippen LogP contribution is -2.09. The number of pyridine rings is 2. The summed E-state index contributed by atoms with van der Waals surface area (Å²) in [5, 5.41) is 14.9. The molecule has 8 nitrogen and oxygen atoms in total. The summed E-state index contributed by atoms with van der Waals surface area (Å²) in [5.41, 5.74) is -1.89. The quantitative estimate of drug-likeness (QED) is 0.163. The molecular formula is C22H12ClF3N4O4. The minimum atomic E-state index is -1.40. The zero-order valence-electron chi connectivity index (χ0n) is 17.1. The van der Waals surface area contributed by atoms with E-state index in [9.17, 15) is 28.1 Å². The van der Waals surface area contributed by atoms with Crippen LogP contribution in [0.15, 0.2) is 48.8 Å². The number of rotatable bonds is 5. The maximum Gasteiger partial charge on any atom is 0.345 e. The second-order valence-corrected chi connectivity index (χ2v) is 7.28. The Morgan fingerprint density at radius 2 is 1.82 bits per heavy atom. The van der Waals surface area contributed by atoms with Gasteiger partial charge in [-0.05, 0) is 42.0 Å². The normalized spacial score (nSPS) is 10.9. The fraction of sp³-hybridized carbons (Fsp3) is 0.0455. The molecule has 0 bridgehead atoms. The molecule has 4 rings (SSSR count). The highest BCUT2D eigenvalue weighted by Gasteiger charge is 2.29. The summed E-state index contributed by atoms with van der Waals surface area (Å²) in [5.74, 6) is -4.49. The molecule has 172 valence electrons. The van der Waals surface area contributed by atoms with E-state index in [0.29, 0.717) is 0 Å². The highest BCUT2D eigenvalue weighted by Crippen LogP contribution is 2.40. The Hall–Kier alpha value is -4.25. The van der Waals surface area contributed by atoms with Crippen LogP contribution in [0.3, 0.4) is 0 Å². The van der Waals surface area contributed by atoms with Crippen molar-refractivity contribution in [2.45, 2.75) is 0 Å². The Bertz CT molecular complexity index is 1480. The number of nitro groups is 1. The van der Waals surface area contributed by atoms with Crippen LogP contribution in [0.2, 0.25) is 5.02 Å². The lowest BCUT2D eigenvalue weighted by Gasteiger charge is -2.15. The standard InChI is InChI=1S/C22H12ClF3N4O4/c1-34-22(31)12-8-10(11-4-6-28-21(26)18(11)25)9-16(20(12)30(32)33)29-15-5-7-27-19-14(24)3-2-13(23)17(15)19/h2-9H,1H3,(H,27,29). The SMILES string of the molecule is COC(=O)c1cc(-c2ccnc(F)c2F)cc(Nc2ccnc3c(F)ccc(Cl)c23)c1[N+](=O)[O-]. The van der Waals surface area contributed by atoms with Gasteiger partial charge in [-0.1, -0.05) is 11.6 Å². The van der Waals surface area contributed by atoms with Crippen LogP contribution in [0.25, 0.3) is 22.0 Å². The molecule has 0 aliphatic carbocycles. The Labute approximate surface area is 194 Å². The van der Waals surface area contributed by atoms with Crippen LogP contribution in [0.4, 0.5) is 30.2 Å². The Kier molecular flexibility index (Phi) is 6.03. The van der Waals surface area contributed by atoms with Gasteiger partial charge in [0.2, 0.25) is 5.95 Å². The number of carbonyl (C=O) groups is 1. The summed E-state index contributed by atoms with van der Waals surface area (Å²) >= 11 is 6.22. The van der Waals surface area contributed by atoms with Gasteiger partial charge in [-0.2, -0.15) is 4.39 Å². The number of hydrogen-bond donors (Lipinski definition) is 1. The number of aromatic nitrogens is 2. The zero-order chi connectivity index (χ0) is 24.6. The Morgan fingerprint density at radius 1 is 1.09 bits per heavy atom. The van der Waals surface area contributed by atoms with Gasteiger partial charge in [0.1, 0.15) is 22.6 Å². The van der Waals surface area contributed by atoms with Crippen LogP contribution in [-0.2, 0) is 4.74 Å². The summed E-state index contributed by atoms with van der Waals surface area (Å²) < 4.78 is 47.1. The van der Waals surface area contributed by atoms with Gasteiger partial charge in [0.25, 0.3) is 0 Å². The van der Waals surface area contributed by atoms with Crippen molar-refractivity contribution >= 4 is 45.5 Å². The number of anilines is 2. The number of hydrogen-bond acceptors (Lipinski definition) is 7. The van der Waals surface area contributed by atoms with Crippen LogP contribution in [0.1, 0.15) is 10.4 Å². The molecule has 0 radical (unpaired) electrons. The molecule has 2 heterocycles. The molecule has 0 spiro atoms. The van der Waals surface area contributed by atoms with Crippen LogP contribution >= 0.6 is 11.6 Å². The number of nitrogens with zero attached hydrogens (tertiary/aromatic N) is 3. The van der Waals surface area contributed by atoms with Crippen molar-refractivity contribution in [3.05, 3.63) is 87.1 Å². The third kappa shape index (κ3) is 3.97. The van der Waals surface area contributed by atoms with Gasteiger partial charge >= 0.3 is 11.7 Å². The van der Waals surface area contributed by atoms with Crippen LogP contribution in [0.5, 0.6) is 0 Å². The van der Waals surface area contributed by atoms with E-state index in [-0.39, 0.29) is 38.4 Å². The number of esters is 1. The third-order valence-corrected chi connectivity index (χ3v) is 5.23. The maximum atomic E-state index is 14.5. The van der Waals surface area contributed by atoms with E-state index in [1.165, 1.54) is 18.3 Å². The predicted octanol–water partition coefficient (Wildman–Crippen LogP) is 5.81. The number of carbonyl (C=O) groups excluding carboxylic acids is 1. The lowest BCUT2D eigenvalue weighted by atomic mass is 10.00. The van der Waals surface area contributed by atoms with E-state index < -0.39 is 39.7 Å². The molecule has 0 unspecified atom stereocenters. The molecule has 0 aliphatic rings. The van der Waals surface area contributed by atoms with Crippen molar-refractivity contribution in [1.29, 1.82) is 0 Å². The highest BCUT2D eigenvalue weighted by atomic mass is 35.5. The van der Waals surface area contributed by atoms with E-state index in [1.54, 1.807) is 0 Å². The number of fused-ring (bicyclic) bond motifs is 1. The summed E-state index contributed by atoms with van der Waals surface area (Å²) in [6.07, 6.45) is 2.25. The average Bonchev–Trinajstić information content (AvgIpc) is 2.82. The number of ether oxygens (including phenoxy) is 1. The van der Waals surface area contributed by atoms with Crippen LogP contribution < -0.4 is 5.32 Å². The number of nitrogens with one attached hydrogen (secondary N) is 1. The first-order valence-electron chi connectivity index (χ1n) is 9.43. The molecule has 34 heavy (non-hydrogen) atoms. The third-order valence-electron chi connectivity index (χ3n) is 4.92. The lowest BCUT2D eigenvalue weighted by molar-refractivity contribution is -0.384. The summed E-state index contributed by atoms with van der Waals surface area (Å²) in [6, 6.07) is 7.06. The summed E-state index contributed by atoms with van der Waals surface area (Å²) in [4.78, 5) is 30.6. The molecule has 2 aromatic heterocycles. The summed E-state index contributed by atoms with van der Waals surface area (Å²) in [7, 11) is 1.01. The minimum Gasteiger partial charge on any atom is -0.465 e. The first-order valence-corrected chi connectivity index (χ1v) is 9.81. The first-order chi connectivity index (χ1) is 16.2. The van der Waals surface area contributed by atoms with E-state index in [1.807, 2.05) is 0 Å². The maximum absolute atomic E-state index is 14.5. The van der Waals surface area contributed by atoms with Gasteiger partial charge in [-0.15, -0.1) is 0 Å². The molecule has 12 heteroatoms. The Morgan fingerprint density at radius 3 is 2.53 bits per heavy atom. The van der Waals surface area contributed by atoms with E-state index >= 15 is 0 Å². The fourth-order valence-electron chi connectivity index (χ4n) is 3.43. The number of methoxy groups -OCH3 is 1. The number of benzene rings is 2. The van der Waals surface area contributed by atoms with Crippen molar-refractivity contribution < 1.29 is 27.6 Å². The molecule has 0 fully saturated rings. The summed E-state index contributed by atoms with van der Waals surface area (Å²) in [6.45, 7) is 0. The molecule has 2 aromatic carbocycles. The van der Waals surface area contributed by atoms with Crippen molar-refractivity contribution in [1.82, 2.24) is 9.97 Å². The molecule has 0 saturated heterocycles. The molecular weight excluding hydrogens is 477 g/mol. The number of halogens is 4. The second-order valence-electron chi connectivity index (χ2n) is 6.87. The fourth-order valence-corrected chi connectivity index (χ4v) is 3.69. The van der Waals surface area contributed by atoms with Gasteiger partial charge in [0.15, 0.2) is 5.82 Å². The van der Waals surface area contributed by atoms with Gasteiger partial charge in [-0.3, -0.25) is 15.1 Å². The number of nitro benzene ring substituents is 1. The minimum absolute atomic E-state index is 0.0806. The van der Waals surface area contributed by atoms with Crippen LogP contribution in [-0.4, -0.2) is 28.0 Å². The van der Waals surface area contributed by atoms with Crippen molar-refractivity contribution in [2.75, 3.05) is 12.4 Å². The monoisotopic (exact) mass is 488 g/mol. The second kappa shape index (κ2) is 8.94. The molecule has 0 amide bonds. The molecule has 1 N–H and O–H groups in total. The molecule has 0 atom stereocenters. The first kappa shape index (κ1) is 22.9. The van der Waals surface area contributed by atoms with E-state index in [2.05, 4.69) is 20.0 Å². The Balaban J connectivity index is 2.01. The predicted molar refractivity (Wildman–Crippen MR) is 118 cm³/mol. The highest BCUT2D eigenvalue weighted by molar-refractivity contribution is 6.36. The van der Waals surface area contributed by atoms with Gasteiger partial charge < -0.3 is 10.1 Å². The van der Waals surface area contributed by atoms with E-state index in [4.69, 9.17) is 11.6 Å². The van der Waals surface area contributed by atoms with E-state index in [0.717, 1.165) is 37.6 Å². The van der Waals surface area contributed by atoms with Crippen molar-refractivity contribution in [2.24, 2.45) is 0 Å². The van der Waals surface area contributed by atoms with Gasteiger partial charge in [0, 0.05) is 23.3 Å². The topological polar surface area (TPSA) is 107 Å². The largest absolute Gasteiger partial charge is 0.465 e. The molecule has 0 aliphatic heterocycles. The van der Waals surface area contributed by atoms with Crippen molar-refractivity contribution in [3.8, 4) is 11.1 Å². The molecule has 0 saturated carbocycles. The zero-order valence-corrected chi connectivity index (χ0v) is 17.9. The van der Waals surface area contributed by atoms with Gasteiger partial charge in [0.05, 0.1) is 22.7 Å². The average molecular weight is 489 g/mol. The molecule has 4 aromatic rings. The van der Waals surface area contributed by atoms with Gasteiger partial charge in [-0.25, -0.2) is 18.6 Å². The van der Waals surface area contributed by atoms with Crippen molar-refractivity contribution in [3.63, 3.8) is 0 Å². The smallest absolute Gasteiger partial charge is 0.345 e.